The normalized spacial score (nSPS) is 12.0. The zero-order chi connectivity index (χ0) is 14.7. The van der Waals surface area contributed by atoms with Crippen molar-refractivity contribution in [3.8, 4) is 0 Å². The molecule has 1 N–H and O–H groups in total. The highest BCUT2D eigenvalue weighted by atomic mass is 79.9. The van der Waals surface area contributed by atoms with Crippen molar-refractivity contribution < 1.29 is 9.18 Å². The van der Waals surface area contributed by atoms with Gasteiger partial charge in [-0.25, -0.2) is 9.37 Å². The maximum Gasteiger partial charge on any atom is 0.254 e. The summed E-state index contributed by atoms with van der Waals surface area (Å²) in [5.41, 5.74) is 0.956. The SMILES string of the molecule is CC(NC(=O)c1cc(F)cnc1Cl)c1ccc(Br)cc1. The van der Waals surface area contributed by atoms with Crippen LogP contribution in [0.5, 0.6) is 0 Å². The molecule has 1 atom stereocenters. The Hall–Kier alpha value is -1.46. The molecule has 3 nitrogen and oxygen atoms in total. The van der Waals surface area contributed by atoms with Crippen molar-refractivity contribution in [1.82, 2.24) is 10.3 Å². The molecule has 0 saturated heterocycles. The number of hydrogen-bond acceptors (Lipinski definition) is 2. The first-order chi connectivity index (χ1) is 9.47. The summed E-state index contributed by atoms with van der Waals surface area (Å²) in [6.07, 6.45) is 0.970. The van der Waals surface area contributed by atoms with Crippen molar-refractivity contribution in [2.75, 3.05) is 0 Å². The molecule has 1 aromatic heterocycles. The van der Waals surface area contributed by atoms with E-state index in [-0.39, 0.29) is 16.8 Å². The van der Waals surface area contributed by atoms with Gasteiger partial charge in [0.25, 0.3) is 5.91 Å². The van der Waals surface area contributed by atoms with Crippen LogP contribution >= 0.6 is 27.5 Å². The molecule has 0 radical (unpaired) electrons. The number of aromatic nitrogens is 1. The minimum absolute atomic E-state index is 0.0214. The summed E-state index contributed by atoms with van der Waals surface area (Å²) in [7, 11) is 0. The molecule has 20 heavy (non-hydrogen) atoms. The van der Waals surface area contributed by atoms with Crippen LogP contribution in [0.25, 0.3) is 0 Å². The van der Waals surface area contributed by atoms with Crippen molar-refractivity contribution >= 4 is 33.4 Å². The summed E-state index contributed by atoms with van der Waals surface area (Å²) in [6, 6.07) is 8.39. The number of nitrogens with one attached hydrogen (secondary N) is 1. The van der Waals surface area contributed by atoms with Gasteiger partial charge in [0.2, 0.25) is 0 Å². The van der Waals surface area contributed by atoms with E-state index < -0.39 is 11.7 Å². The molecule has 0 bridgehead atoms. The van der Waals surface area contributed by atoms with Crippen LogP contribution < -0.4 is 5.32 Å². The zero-order valence-electron chi connectivity index (χ0n) is 10.5. The number of rotatable bonds is 3. The Morgan fingerprint density at radius 3 is 2.70 bits per heavy atom. The molecule has 104 valence electrons. The van der Waals surface area contributed by atoms with Gasteiger partial charge in [0, 0.05) is 4.47 Å². The average Bonchev–Trinajstić information content (AvgIpc) is 2.42. The fourth-order valence-corrected chi connectivity index (χ4v) is 2.14. The van der Waals surface area contributed by atoms with E-state index in [1.54, 1.807) is 0 Å². The van der Waals surface area contributed by atoms with E-state index in [0.29, 0.717) is 0 Å². The topological polar surface area (TPSA) is 42.0 Å². The Kier molecular flexibility index (Phi) is 4.73. The lowest BCUT2D eigenvalue weighted by atomic mass is 10.1. The Bertz CT molecular complexity index is 634. The molecule has 1 amide bonds. The van der Waals surface area contributed by atoms with E-state index in [9.17, 15) is 9.18 Å². The molecule has 6 heteroatoms. The Morgan fingerprint density at radius 2 is 2.05 bits per heavy atom. The first-order valence-corrected chi connectivity index (χ1v) is 7.02. The standard InChI is InChI=1S/C14H11BrClFN2O/c1-8(9-2-4-10(15)5-3-9)19-14(20)12-6-11(17)7-18-13(12)16/h2-8H,1H3,(H,19,20). The van der Waals surface area contributed by atoms with Gasteiger partial charge >= 0.3 is 0 Å². The second-order valence-corrected chi connectivity index (χ2v) is 5.51. The zero-order valence-corrected chi connectivity index (χ0v) is 12.9. The van der Waals surface area contributed by atoms with E-state index in [0.717, 1.165) is 22.3 Å². The number of benzene rings is 1. The van der Waals surface area contributed by atoms with Crippen molar-refractivity contribution in [1.29, 1.82) is 0 Å². The molecule has 1 aromatic carbocycles. The molecule has 0 saturated carbocycles. The highest BCUT2D eigenvalue weighted by Crippen LogP contribution is 2.19. The summed E-state index contributed by atoms with van der Waals surface area (Å²) in [5, 5.41) is 2.73. The van der Waals surface area contributed by atoms with Gasteiger partial charge in [0.15, 0.2) is 0 Å². The summed E-state index contributed by atoms with van der Waals surface area (Å²) in [5.74, 6) is -1.06. The van der Waals surface area contributed by atoms with E-state index in [1.807, 2.05) is 31.2 Å². The molecule has 2 rings (SSSR count). The number of halogens is 3. The van der Waals surface area contributed by atoms with Crippen LogP contribution in [0.2, 0.25) is 5.15 Å². The molecule has 0 aliphatic rings. The number of carbonyl (C=O) groups is 1. The third-order valence-electron chi connectivity index (χ3n) is 2.77. The van der Waals surface area contributed by atoms with Crippen molar-refractivity contribution in [2.24, 2.45) is 0 Å². The molecular formula is C14H11BrClFN2O. The fraction of sp³-hybridized carbons (Fsp3) is 0.143. The molecule has 1 heterocycles. The van der Waals surface area contributed by atoms with Gasteiger partial charge in [-0.3, -0.25) is 4.79 Å². The Morgan fingerprint density at radius 1 is 1.40 bits per heavy atom. The summed E-state index contributed by atoms with van der Waals surface area (Å²) in [6.45, 7) is 1.84. The van der Waals surface area contributed by atoms with Crippen LogP contribution in [0.1, 0.15) is 28.9 Å². The Balaban J connectivity index is 2.15. The average molecular weight is 358 g/mol. The number of hydrogen-bond donors (Lipinski definition) is 1. The molecule has 2 aromatic rings. The Labute approximate surface area is 129 Å². The van der Waals surface area contributed by atoms with E-state index in [2.05, 4.69) is 26.2 Å². The summed E-state index contributed by atoms with van der Waals surface area (Å²) in [4.78, 5) is 15.7. The van der Waals surface area contributed by atoms with Crippen molar-refractivity contribution in [3.63, 3.8) is 0 Å². The second-order valence-electron chi connectivity index (χ2n) is 4.24. The lowest BCUT2D eigenvalue weighted by Crippen LogP contribution is -2.27. The molecule has 0 aliphatic heterocycles. The lowest BCUT2D eigenvalue weighted by molar-refractivity contribution is 0.0939. The number of nitrogens with zero attached hydrogens (tertiary/aromatic N) is 1. The quantitative estimate of drug-likeness (QED) is 0.839. The molecule has 1 unspecified atom stereocenters. The third kappa shape index (κ3) is 3.55. The first kappa shape index (κ1) is 14.9. The van der Waals surface area contributed by atoms with Crippen molar-refractivity contribution in [2.45, 2.75) is 13.0 Å². The smallest absolute Gasteiger partial charge is 0.254 e. The minimum atomic E-state index is -0.601. The van der Waals surface area contributed by atoms with Gasteiger partial charge in [0.1, 0.15) is 11.0 Å². The molecular weight excluding hydrogens is 347 g/mol. The number of carbonyl (C=O) groups excluding carboxylic acids is 1. The van der Waals surface area contributed by atoms with Crippen LogP contribution in [0, 0.1) is 5.82 Å². The van der Waals surface area contributed by atoms with Gasteiger partial charge in [-0.05, 0) is 30.7 Å². The van der Waals surface area contributed by atoms with E-state index in [1.165, 1.54) is 0 Å². The van der Waals surface area contributed by atoms with Gasteiger partial charge in [-0.2, -0.15) is 0 Å². The van der Waals surface area contributed by atoms with Gasteiger partial charge in [-0.1, -0.05) is 39.7 Å². The van der Waals surface area contributed by atoms with Crippen LogP contribution in [-0.2, 0) is 0 Å². The maximum atomic E-state index is 13.1. The van der Waals surface area contributed by atoms with Gasteiger partial charge < -0.3 is 5.32 Å². The lowest BCUT2D eigenvalue weighted by Gasteiger charge is -2.14. The minimum Gasteiger partial charge on any atom is -0.345 e. The largest absolute Gasteiger partial charge is 0.345 e. The third-order valence-corrected chi connectivity index (χ3v) is 3.60. The fourth-order valence-electron chi connectivity index (χ4n) is 1.69. The molecule has 0 spiro atoms. The van der Waals surface area contributed by atoms with Gasteiger partial charge in [-0.15, -0.1) is 0 Å². The van der Waals surface area contributed by atoms with E-state index in [4.69, 9.17) is 11.6 Å². The highest BCUT2D eigenvalue weighted by molar-refractivity contribution is 9.10. The first-order valence-electron chi connectivity index (χ1n) is 5.84. The highest BCUT2D eigenvalue weighted by Gasteiger charge is 2.15. The van der Waals surface area contributed by atoms with Gasteiger partial charge in [0.05, 0.1) is 17.8 Å². The second kappa shape index (κ2) is 6.33. The van der Waals surface area contributed by atoms with Crippen LogP contribution in [0.4, 0.5) is 4.39 Å². The predicted molar refractivity (Wildman–Crippen MR) is 79.2 cm³/mol. The number of amides is 1. The summed E-state index contributed by atoms with van der Waals surface area (Å²) >= 11 is 9.14. The number of pyridine rings is 1. The molecule has 0 aliphatic carbocycles. The van der Waals surface area contributed by atoms with Crippen LogP contribution in [0.3, 0.4) is 0 Å². The van der Waals surface area contributed by atoms with Crippen molar-refractivity contribution in [3.05, 3.63) is 63.1 Å². The van der Waals surface area contributed by atoms with Crippen LogP contribution in [-0.4, -0.2) is 10.9 Å². The molecule has 0 fully saturated rings. The monoisotopic (exact) mass is 356 g/mol. The van der Waals surface area contributed by atoms with Crippen LogP contribution in [0.15, 0.2) is 41.0 Å². The van der Waals surface area contributed by atoms with E-state index >= 15 is 0 Å². The summed E-state index contributed by atoms with van der Waals surface area (Å²) < 4.78 is 14.1. The maximum absolute atomic E-state index is 13.1. The predicted octanol–water partition coefficient (Wildman–Crippen LogP) is 4.13.